The highest BCUT2D eigenvalue weighted by atomic mass is 32.1. The minimum atomic E-state index is 0.192. The van der Waals surface area contributed by atoms with Gasteiger partial charge in [-0.05, 0) is 14.0 Å². The fraction of sp³-hybridized carbons (Fsp3) is 0.667. The summed E-state index contributed by atoms with van der Waals surface area (Å²) in [5, 5.41) is 3.19. The molecule has 0 spiro atoms. The van der Waals surface area contributed by atoms with Gasteiger partial charge in [0.2, 0.25) is 0 Å². The summed E-state index contributed by atoms with van der Waals surface area (Å²) in [6, 6.07) is 0. The van der Waals surface area contributed by atoms with Crippen LogP contribution in [0.1, 0.15) is 16.8 Å². The summed E-state index contributed by atoms with van der Waals surface area (Å²) in [5.41, 5.74) is 1.09. The molecule has 2 rings (SSSR count). The number of rotatable bonds is 1. The lowest BCUT2D eigenvalue weighted by Crippen LogP contribution is -2.35. The molecular weight excluding hydrogens is 184 g/mol. The molecule has 1 unspecified atom stereocenters. The Kier molecular flexibility index (Phi) is 2.62. The van der Waals surface area contributed by atoms with Crippen molar-refractivity contribution in [2.45, 2.75) is 13.0 Å². The summed E-state index contributed by atoms with van der Waals surface area (Å²) in [6.07, 6.45) is 0.192. The molecule has 0 radical (unpaired) electrons. The minimum Gasteiger partial charge on any atom is -0.368 e. The van der Waals surface area contributed by atoms with Crippen molar-refractivity contribution in [2.24, 2.45) is 0 Å². The van der Waals surface area contributed by atoms with Crippen molar-refractivity contribution >= 4 is 11.3 Å². The molecule has 2 heterocycles. The van der Waals surface area contributed by atoms with E-state index in [4.69, 9.17) is 4.74 Å². The van der Waals surface area contributed by atoms with Crippen molar-refractivity contribution in [2.75, 3.05) is 26.7 Å². The maximum absolute atomic E-state index is 5.65. The summed E-state index contributed by atoms with van der Waals surface area (Å²) >= 11 is 1.70. The van der Waals surface area contributed by atoms with Gasteiger partial charge in [-0.1, -0.05) is 0 Å². The summed E-state index contributed by atoms with van der Waals surface area (Å²) in [7, 11) is 2.12. The highest BCUT2D eigenvalue weighted by Crippen LogP contribution is 2.24. The van der Waals surface area contributed by atoms with Gasteiger partial charge in [-0.15, -0.1) is 11.3 Å². The second-order valence-corrected chi connectivity index (χ2v) is 4.34. The van der Waals surface area contributed by atoms with Crippen molar-refractivity contribution in [1.29, 1.82) is 0 Å². The third-order valence-corrected chi connectivity index (χ3v) is 3.24. The molecule has 1 aliphatic heterocycles. The van der Waals surface area contributed by atoms with Gasteiger partial charge in [0.05, 0.1) is 6.61 Å². The largest absolute Gasteiger partial charge is 0.368 e. The second kappa shape index (κ2) is 3.74. The van der Waals surface area contributed by atoms with Crippen LogP contribution in [0.4, 0.5) is 0 Å². The first-order valence-electron chi connectivity index (χ1n) is 4.48. The standard InChI is InChI=1S/C9H14N2OS/c1-7-6-13-9(10-7)8-5-11(2)3-4-12-8/h6,8H,3-5H2,1-2H3. The third-order valence-electron chi connectivity index (χ3n) is 2.18. The first-order chi connectivity index (χ1) is 6.25. The molecular formula is C9H14N2OS. The van der Waals surface area contributed by atoms with E-state index in [2.05, 4.69) is 22.3 Å². The van der Waals surface area contributed by atoms with Gasteiger partial charge in [-0.25, -0.2) is 4.98 Å². The predicted molar refractivity (Wildman–Crippen MR) is 53.0 cm³/mol. The molecule has 0 bridgehead atoms. The second-order valence-electron chi connectivity index (χ2n) is 3.45. The van der Waals surface area contributed by atoms with Crippen molar-refractivity contribution in [3.8, 4) is 0 Å². The number of morpholine rings is 1. The van der Waals surface area contributed by atoms with Crippen molar-refractivity contribution < 1.29 is 4.74 Å². The molecule has 13 heavy (non-hydrogen) atoms. The van der Waals surface area contributed by atoms with E-state index in [0.717, 1.165) is 30.4 Å². The number of nitrogens with zero attached hydrogens (tertiary/aromatic N) is 2. The Bertz CT molecular complexity index is 287. The van der Waals surface area contributed by atoms with E-state index in [-0.39, 0.29) is 6.10 Å². The van der Waals surface area contributed by atoms with E-state index in [0.29, 0.717) is 0 Å². The molecule has 3 nitrogen and oxygen atoms in total. The van der Waals surface area contributed by atoms with Crippen LogP contribution in [-0.4, -0.2) is 36.6 Å². The van der Waals surface area contributed by atoms with E-state index in [1.807, 2.05) is 6.92 Å². The van der Waals surface area contributed by atoms with Crippen LogP contribution in [-0.2, 0) is 4.74 Å². The highest BCUT2D eigenvalue weighted by Gasteiger charge is 2.21. The fourth-order valence-corrected chi connectivity index (χ4v) is 2.28. The zero-order chi connectivity index (χ0) is 9.26. The molecule has 1 aliphatic rings. The van der Waals surface area contributed by atoms with E-state index in [1.54, 1.807) is 11.3 Å². The molecule has 4 heteroatoms. The molecule has 0 N–H and O–H groups in total. The molecule has 0 aromatic carbocycles. The van der Waals surface area contributed by atoms with Crippen LogP contribution in [0.3, 0.4) is 0 Å². The maximum Gasteiger partial charge on any atom is 0.123 e. The summed E-state index contributed by atoms with van der Waals surface area (Å²) < 4.78 is 5.65. The Morgan fingerprint density at radius 1 is 1.69 bits per heavy atom. The number of hydrogen-bond acceptors (Lipinski definition) is 4. The van der Waals surface area contributed by atoms with Crippen LogP contribution in [0.15, 0.2) is 5.38 Å². The molecule has 0 amide bonds. The number of ether oxygens (including phenoxy) is 1. The van der Waals surface area contributed by atoms with Crippen LogP contribution in [0.5, 0.6) is 0 Å². The van der Waals surface area contributed by atoms with Crippen molar-refractivity contribution in [3.63, 3.8) is 0 Å². The van der Waals surface area contributed by atoms with E-state index in [9.17, 15) is 0 Å². The number of likely N-dealkylation sites (N-methyl/N-ethyl adjacent to an activating group) is 1. The zero-order valence-electron chi connectivity index (χ0n) is 7.99. The van der Waals surface area contributed by atoms with Crippen LogP contribution in [0.25, 0.3) is 0 Å². The van der Waals surface area contributed by atoms with Crippen LogP contribution in [0.2, 0.25) is 0 Å². The van der Waals surface area contributed by atoms with E-state index in [1.165, 1.54) is 0 Å². The van der Waals surface area contributed by atoms with Gasteiger partial charge >= 0.3 is 0 Å². The lowest BCUT2D eigenvalue weighted by atomic mass is 10.3. The number of hydrogen-bond donors (Lipinski definition) is 0. The Hall–Kier alpha value is -0.450. The molecule has 0 aliphatic carbocycles. The molecule has 1 saturated heterocycles. The van der Waals surface area contributed by atoms with Gasteiger partial charge in [0.1, 0.15) is 11.1 Å². The van der Waals surface area contributed by atoms with Gasteiger partial charge in [0.25, 0.3) is 0 Å². The van der Waals surface area contributed by atoms with Gasteiger partial charge in [-0.3, -0.25) is 0 Å². The first-order valence-corrected chi connectivity index (χ1v) is 5.36. The minimum absolute atomic E-state index is 0.192. The fourth-order valence-electron chi connectivity index (χ4n) is 1.45. The quantitative estimate of drug-likeness (QED) is 0.683. The predicted octanol–water partition coefficient (Wildman–Crippen LogP) is 1.45. The Balaban J connectivity index is 2.08. The third kappa shape index (κ3) is 2.07. The van der Waals surface area contributed by atoms with Crippen LogP contribution in [0, 0.1) is 6.92 Å². The average molecular weight is 198 g/mol. The van der Waals surface area contributed by atoms with Crippen LogP contribution >= 0.6 is 11.3 Å². The van der Waals surface area contributed by atoms with Crippen LogP contribution < -0.4 is 0 Å². The topological polar surface area (TPSA) is 25.4 Å². The summed E-state index contributed by atoms with van der Waals surface area (Å²) in [4.78, 5) is 6.72. The normalized spacial score (nSPS) is 24.9. The van der Waals surface area contributed by atoms with Gasteiger partial charge in [0.15, 0.2) is 0 Å². The summed E-state index contributed by atoms with van der Waals surface area (Å²) in [5.74, 6) is 0. The molecule has 0 saturated carbocycles. The zero-order valence-corrected chi connectivity index (χ0v) is 8.80. The number of aromatic nitrogens is 1. The maximum atomic E-state index is 5.65. The number of aryl methyl sites for hydroxylation is 1. The monoisotopic (exact) mass is 198 g/mol. The first kappa shape index (κ1) is 9.12. The Morgan fingerprint density at radius 2 is 2.54 bits per heavy atom. The van der Waals surface area contributed by atoms with Crippen molar-refractivity contribution in [1.82, 2.24) is 9.88 Å². The van der Waals surface area contributed by atoms with E-state index < -0.39 is 0 Å². The average Bonchev–Trinajstić information content (AvgIpc) is 2.52. The smallest absolute Gasteiger partial charge is 0.123 e. The molecule has 72 valence electrons. The molecule has 1 fully saturated rings. The molecule has 1 aromatic rings. The lowest BCUT2D eigenvalue weighted by Gasteiger charge is -2.28. The Labute approximate surface area is 82.3 Å². The SMILES string of the molecule is Cc1csc(C2CN(C)CCO2)n1. The van der Waals surface area contributed by atoms with Gasteiger partial charge < -0.3 is 9.64 Å². The van der Waals surface area contributed by atoms with Gasteiger partial charge in [0, 0.05) is 24.2 Å². The molecule has 1 atom stereocenters. The number of thiazole rings is 1. The Morgan fingerprint density at radius 3 is 3.15 bits per heavy atom. The van der Waals surface area contributed by atoms with E-state index >= 15 is 0 Å². The summed E-state index contributed by atoms with van der Waals surface area (Å²) in [6.45, 7) is 4.83. The lowest BCUT2D eigenvalue weighted by molar-refractivity contribution is -0.0210. The van der Waals surface area contributed by atoms with Gasteiger partial charge in [-0.2, -0.15) is 0 Å². The molecule has 1 aromatic heterocycles. The van der Waals surface area contributed by atoms with Crippen molar-refractivity contribution in [3.05, 3.63) is 16.1 Å². The highest BCUT2D eigenvalue weighted by molar-refractivity contribution is 7.09.